The molecule has 2 aromatic heterocycles. The summed E-state index contributed by atoms with van der Waals surface area (Å²) in [6.45, 7) is 6.46. The maximum atomic E-state index is 11.7. The van der Waals surface area contributed by atoms with Crippen LogP contribution in [0, 0.1) is 0 Å². The summed E-state index contributed by atoms with van der Waals surface area (Å²) < 4.78 is 5.27. The molecule has 2 heterocycles. The number of hydrogen-bond donors (Lipinski definition) is 2. The SMILES string of the molecule is CC(C)(C)OC(=O)NC1CC1NCc1cc(-c2cccs2)cs1. The zero-order chi connectivity index (χ0) is 16.4. The van der Waals surface area contributed by atoms with E-state index in [9.17, 15) is 4.79 Å². The lowest BCUT2D eigenvalue weighted by atomic mass is 10.2. The summed E-state index contributed by atoms with van der Waals surface area (Å²) in [6, 6.07) is 6.98. The topological polar surface area (TPSA) is 50.4 Å². The highest BCUT2D eigenvalue weighted by Gasteiger charge is 2.38. The van der Waals surface area contributed by atoms with Gasteiger partial charge in [0.25, 0.3) is 0 Å². The van der Waals surface area contributed by atoms with E-state index in [2.05, 4.69) is 39.6 Å². The van der Waals surface area contributed by atoms with E-state index in [1.807, 2.05) is 20.8 Å². The molecule has 2 unspecified atom stereocenters. The lowest BCUT2D eigenvalue weighted by Crippen LogP contribution is -2.36. The molecule has 1 fully saturated rings. The first-order valence-corrected chi connectivity index (χ1v) is 9.51. The monoisotopic (exact) mass is 350 g/mol. The standard InChI is InChI=1S/C17H22N2O2S2/c1-17(2,3)21-16(20)19-14-8-13(14)18-9-12-7-11(10-23-12)15-5-4-6-22-15/h4-7,10,13-14,18H,8-9H2,1-3H3,(H,19,20). The number of nitrogens with one attached hydrogen (secondary N) is 2. The lowest BCUT2D eigenvalue weighted by molar-refractivity contribution is 0.0522. The van der Waals surface area contributed by atoms with Gasteiger partial charge in [0, 0.05) is 33.9 Å². The number of rotatable bonds is 5. The molecule has 2 atom stereocenters. The minimum absolute atomic E-state index is 0.182. The van der Waals surface area contributed by atoms with E-state index in [0.29, 0.717) is 6.04 Å². The Morgan fingerprint density at radius 2 is 2.17 bits per heavy atom. The Bertz CT molecular complexity index is 658. The fourth-order valence-electron chi connectivity index (χ4n) is 2.32. The molecule has 0 saturated heterocycles. The second-order valence-electron chi connectivity index (χ2n) is 6.75. The first kappa shape index (κ1) is 16.5. The third kappa shape index (κ3) is 4.80. The number of thiophene rings is 2. The van der Waals surface area contributed by atoms with Crippen molar-refractivity contribution < 1.29 is 9.53 Å². The molecule has 1 aliphatic carbocycles. The van der Waals surface area contributed by atoms with E-state index in [-0.39, 0.29) is 12.1 Å². The average molecular weight is 351 g/mol. The van der Waals surface area contributed by atoms with Crippen LogP contribution in [0.15, 0.2) is 29.0 Å². The predicted octanol–water partition coefficient (Wildman–Crippen LogP) is 4.23. The first-order chi connectivity index (χ1) is 10.9. The van der Waals surface area contributed by atoms with Crippen LogP contribution in [0.25, 0.3) is 10.4 Å². The molecule has 1 aliphatic rings. The van der Waals surface area contributed by atoms with Gasteiger partial charge in [0.15, 0.2) is 0 Å². The molecule has 0 aliphatic heterocycles. The third-order valence-corrected chi connectivity index (χ3v) is 5.35. The molecule has 3 rings (SSSR count). The van der Waals surface area contributed by atoms with E-state index in [4.69, 9.17) is 4.74 Å². The van der Waals surface area contributed by atoms with Gasteiger partial charge >= 0.3 is 6.09 Å². The Labute approximate surface area is 144 Å². The van der Waals surface area contributed by atoms with Crippen molar-refractivity contribution in [2.24, 2.45) is 0 Å². The lowest BCUT2D eigenvalue weighted by Gasteiger charge is -2.19. The summed E-state index contributed by atoms with van der Waals surface area (Å²) in [5.74, 6) is 0. The molecule has 4 nitrogen and oxygen atoms in total. The van der Waals surface area contributed by atoms with Crippen LogP contribution >= 0.6 is 22.7 Å². The largest absolute Gasteiger partial charge is 0.444 e. The Kier molecular flexibility index (Phi) is 4.75. The number of hydrogen-bond acceptors (Lipinski definition) is 5. The number of ether oxygens (including phenoxy) is 1. The molecule has 0 bridgehead atoms. The minimum atomic E-state index is -0.447. The minimum Gasteiger partial charge on any atom is -0.444 e. The van der Waals surface area contributed by atoms with Crippen LogP contribution in [0.3, 0.4) is 0 Å². The van der Waals surface area contributed by atoms with Gasteiger partial charge in [-0.15, -0.1) is 22.7 Å². The van der Waals surface area contributed by atoms with Crippen molar-refractivity contribution in [3.63, 3.8) is 0 Å². The molecular weight excluding hydrogens is 328 g/mol. The second kappa shape index (κ2) is 6.63. The zero-order valence-electron chi connectivity index (χ0n) is 13.6. The molecule has 124 valence electrons. The molecular formula is C17H22N2O2S2. The molecule has 23 heavy (non-hydrogen) atoms. The van der Waals surface area contributed by atoms with Crippen LogP contribution in [0.4, 0.5) is 4.79 Å². The molecule has 2 aromatic rings. The highest BCUT2D eigenvalue weighted by Crippen LogP contribution is 2.30. The van der Waals surface area contributed by atoms with Crippen LogP contribution < -0.4 is 10.6 Å². The third-order valence-electron chi connectivity index (χ3n) is 3.49. The summed E-state index contributed by atoms with van der Waals surface area (Å²) >= 11 is 3.54. The van der Waals surface area contributed by atoms with Crippen LogP contribution in [0.2, 0.25) is 0 Å². The van der Waals surface area contributed by atoms with Crippen LogP contribution in [-0.2, 0) is 11.3 Å². The summed E-state index contributed by atoms with van der Waals surface area (Å²) in [7, 11) is 0. The van der Waals surface area contributed by atoms with E-state index in [1.165, 1.54) is 15.3 Å². The Morgan fingerprint density at radius 3 is 2.87 bits per heavy atom. The highest BCUT2D eigenvalue weighted by atomic mass is 32.1. The zero-order valence-corrected chi connectivity index (χ0v) is 15.2. The normalized spacial score (nSPS) is 20.3. The Balaban J connectivity index is 1.42. The maximum absolute atomic E-state index is 11.7. The molecule has 0 aromatic carbocycles. The van der Waals surface area contributed by atoms with Gasteiger partial charge in [-0.3, -0.25) is 0 Å². The maximum Gasteiger partial charge on any atom is 0.407 e. The molecule has 0 spiro atoms. The van der Waals surface area contributed by atoms with E-state index in [1.54, 1.807) is 22.7 Å². The van der Waals surface area contributed by atoms with Crippen LogP contribution in [0.1, 0.15) is 32.1 Å². The molecule has 2 N–H and O–H groups in total. The Morgan fingerprint density at radius 1 is 1.35 bits per heavy atom. The molecule has 1 amide bonds. The predicted molar refractivity (Wildman–Crippen MR) is 96.0 cm³/mol. The first-order valence-electron chi connectivity index (χ1n) is 7.75. The van der Waals surface area contributed by atoms with E-state index in [0.717, 1.165) is 13.0 Å². The number of alkyl carbamates (subject to hydrolysis) is 1. The highest BCUT2D eigenvalue weighted by molar-refractivity contribution is 7.14. The van der Waals surface area contributed by atoms with Gasteiger partial charge in [-0.05, 0) is 50.1 Å². The average Bonchev–Trinajstić information content (AvgIpc) is 2.91. The van der Waals surface area contributed by atoms with Crippen molar-refractivity contribution in [3.05, 3.63) is 33.8 Å². The second-order valence-corrected chi connectivity index (χ2v) is 8.70. The van der Waals surface area contributed by atoms with Crippen molar-refractivity contribution in [1.82, 2.24) is 10.6 Å². The molecule has 0 radical (unpaired) electrons. The van der Waals surface area contributed by atoms with Gasteiger partial charge < -0.3 is 15.4 Å². The van der Waals surface area contributed by atoms with Gasteiger partial charge in [-0.25, -0.2) is 4.79 Å². The van der Waals surface area contributed by atoms with Gasteiger partial charge in [-0.1, -0.05) is 6.07 Å². The van der Waals surface area contributed by atoms with E-state index < -0.39 is 5.60 Å². The summed E-state index contributed by atoms with van der Waals surface area (Å²) in [5.41, 5.74) is 0.845. The van der Waals surface area contributed by atoms with E-state index >= 15 is 0 Å². The quantitative estimate of drug-likeness (QED) is 0.848. The van der Waals surface area contributed by atoms with Crippen molar-refractivity contribution in [3.8, 4) is 10.4 Å². The summed E-state index contributed by atoms with van der Waals surface area (Å²) in [5, 5.41) is 10.7. The molecule has 6 heteroatoms. The van der Waals surface area contributed by atoms with Gasteiger partial charge in [0.2, 0.25) is 0 Å². The van der Waals surface area contributed by atoms with Gasteiger partial charge in [0.05, 0.1) is 0 Å². The summed E-state index contributed by atoms with van der Waals surface area (Å²) in [4.78, 5) is 14.3. The van der Waals surface area contributed by atoms with Gasteiger partial charge in [-0.2, -0.15) is 0 Å². The van der Waals surface area contributed by atoms with Crippen molar-refractivity contribution in [1.29, 1.82) is 0 Å². The number of carbonyl (C=O) groups is 1. The number of carbonyl (C=O) groups excluding carboxylic acids is 1. The van der Waals surface area contributed by atoms with Crippen molar-refractivity contribution in [2.75, 3.05) is 0 Å². The van der Waals surface area contributed by atoms with Gasteiger partial charge in [0.1, 0.15) is 5.60 Å². The Hall–Kier alpha value is -1.37. The smallest absolute Gasteiger partial charge is 0.407 e. The van der Waals surface area contributed by atoms with Crippen molar-refractivity contribution >= 4 is 28.8 Å². The molecule has 1 saturated carbocycles. The fraction of sp³-hybridized carbons (Fsp3) is 0.471. The van der Waals surface area contributed by atoms with Crippen LogP contribution in [0.5, 0.6) is 0 Å². The fourth-order valence-corrected chi connectivity index (χ4v) is 3.94. The summed E-state index contributed by atoms with van der Waals surface area (Å²) in [6.07, 6.45) is 0.630. The van der Waals surface area contributed by atoms with Crippen LogP contribution in [-0.4, -0.2) is 23.8 Å². The van der Waals surface area contributed by atoms with Crippen molar-refractivity contribution in [2.45, 2.75) is 51.4 Å². The number of amides is 1.